The minimum Gasteiger partial charge on any atom is -0.494 e. The van der Waals surface area contributed by atoms with E-state index in [1.54, 1.807) is 0 Å². The maximum atomic E-state index is 11.7. The van der Waals surface area contributed by atoms with Crippen LogP contribution in [0.2, 0.25) is 0 Å². The molecule has 4 nitrogen and oxygen atoms in total. The Kier molecular flexibility index (Phi) is 4.14. The van der Waals surface area contributed by atoms with Crippen LogP contribution in [0, 0.1) is 0 Å². The minimum absolute atomic E-state index is 0.229. The molecule has 1 saturated heterocycles. The number of hydrogen-bond donors (Lipinski definition) is 0. The molecule has 1 heterocycles. The summed E-state index contributed by atoms with van der Waals surface area (Å²) in [5.74, 6) is 0.603. The first-order valence-corrected chi connectivity index (χ1v) is 6.60. The zero-order valence-corrected chi connectivity index (χ0v) is 11.3. The summed E-state index contributed by atoms with van der Waals surface area (Å²) in [7, 11) is 1.40. The molecule has 0 amide bonds. The van der Waals surface area contributed by atoms with E-state index in [-0.39, 0.29) is 5.97 Å². The molecule has 0 aromatic heterocycles. The summed E-state index contributed by atoms with van der Waals surface area (Å²) in [6.07, 6.45) is 0. The van der Waals surface area contributed by atoms with Crippen LogP contribution in [-0.2, 0) is 14.3 Å². The van der Waals surface area contributed by atoms with Crippen molar-refractivity contribution in [2.24, 2.45) is 0 Å². The van der Waals surface area contributed by atoms with Gasteiger partial charge in [-0.05, 0) is 31.2 Å². The fraction of sp³-hybridized carbons (Fsp3) is 0.462. The van der Waals surface area contributed by atoms with Gasteiger partial charge in [-0.15, -0.1) is 11.8 Å². The SMILES string of the molecule is CCOc1ccc(SC2(C(=O)OC)COC2)cc1. The number of benzene rings is 1. The molecule has 0 aliphatic carbocycles. The zero-order valence-electron chi connectivity index (χ0n) is 10.5. The summed E-state index contributed by atoms with van der Waals surface area (Å²) >= 11 is 1.48. The van der Waals surface area contributed by atoms with E-state index < -0.39 is 4.75 Å². The molecule has 0 spiro atoms. The van der Waals surface area contributed by atoms with Crippen molar-refractivity contribution in [2.45, 2.75) is 16.6 Å². The Bertz CT molecular complexity index is 412. The van der Waals surface area contributed by atoms with Crippen LogP contribution in [0.25, 0.3) is 0 Å². The van der Waals surface area contributed by atoms with Gasteiger partial charge in [0.05, 0.1) is 26.9 Å². The maximum absolute atomic E-state index is 11.7. The van der Waals surface area contributed by atoms with E-state index in [0.29, 0.717) is 19.8 Å². The number of carbonyl (C=O) groups is 1. The average Bonchev–Trinajstić information content (AvgIpc) is 2.35. The molecule has 98 valence electrons. The number of ether oxygens (including phenoxy) is 3. The van der Waals surface area contributed by atoms with Crippen molar-refractivity contribution in [3.8, 4) is 5.75 Å². The highest BCUT2D eigenvalue weighted by atomic mass is 32.2. The Morgan fingerprint density at radius 3 is 2.50 bits per heavy atom. The van der Waals surface area contributed by atoms with Crippen molar-refractivity contribution >= 4 is 17.7 Å². The molecule has 0 atom stereocenters. The van der Waals surface area contributed by atoms with Gasteiger partial charge >= 0.3 is 5.97 Å². The van der Waals surface area contributed by atoms with Crippen molar-refractivity contribution < 1.29 is 19.0 Å². The van der Waals surface area contributed by atoms with Gasteiger partial charge in [0.15, 0.2) is 4.75 Å². The molecule has 0 saturated carbocycles. The summed E-state index contributed by atoms with van der Waals surface area (Å²) in [4.78, 5) is 12.7. The number of esters is 1. The van der Waals surface area contributed by atoms with Crippen molar-refractivity contribution in [3.63, 3.8) is 0 Å². The molecule has 0 unspecified atom stereocenters. The quantitative estimate of drug-likeness (QED) is 0.765. The molecule has 1 aliphatic rings. The third-order valence-electron chi connectivity index (χ3n) is 2.68. The lowest BCUT2D eigenvalue weighted by Gasteiger charge is -2.37. The van der Waals surface area contributed by atoms with Gasteiger partial charge in [0.2, 0.25) is 0 Å². The van der Waals surface area contributed by atoms with E-state index in [1.807, 2.05) is 31.2 Å². The normalized spacial score (nSPS) is 16.8. The first-order chi connectivity index (χ1) is 8.70. The van der Waals surface area contributed by atoms with Crippen LogP contribution in [0.15, 0.2) is 29.2 Å². The van der Waals surface area contributed by atoms with E-state index in [9.17, 15) is 4.79 Å². The molecule has 18 heavy (non-hydrogen) atoms. The summed E-state index contributed by atoms with van der Waals surface area (Å²) in [5, 5.41) is 0. The fourth-order valence-corrected chi connectivity index (χ4v) is 2.86. The lowest BCUT2D eigenvalue weighted by Crippen LogP contribution is -2.53. The van der Waals surface area contributed by atoms with Crippen LogP contribution in [0.4, 0.5) is 0 Å². The van der Waals surface area contributed by atoms with E-state index in [1.165, 1.54) is 18.9 Å². The van der Waals surface area contributed by atoms with Gasteiger partial charge in [0.25, 0.3) is 0 Å². The second kappa shape index (κ2) is 5.63. The molecule has 1 aliphatic heterocycles. The van der Waals surface area contributed by atoms with E-state index in [4.69, 9.17) is 14.2 Å². The predicted molar refractivity (Wildman–Crippen MR) is 69.0 cm³/mol. The molecule has 2 rings (SSSR count). The van der Waals surface area contributed by atoms with Gasteiger partial charge in [-0.3, -0.25) is 4.79 Å². The van der Waals surface area contributed by atoms with Gasteiger partial charge in [-0.2, -0.15) is 0 Å². The molecular formula is C13H16O4S. The van der Waals surface area contributed by atoms with Gasteiger partial charge in [0.1, 0.15) is 5.75 Å². The van der Waals surface area contributed by atoms with Crippen molar-refractivity contribution in [1.82, 2.24) is 0 Å². The van der Waals surface area contributed by atoms with Gasteiger partial charge in [-0.25, -0.2) is 0 Å². The van der Waals surface area contributed by atoms with E-state index in [2.05, 4.69) is 0 Å². The van der Waals surface area contributed by atoms with Crippen molar-refractivity contribution in [2.75, 3.05) is 26.9 Å². The Hall–Kier alpha value is -1.20. The lowest BCUT2D eigenvalue weighted by molar-refractivity contribution is -0.155. The Labute approximate surface area is 111 Å². The number of hydrogen-bond acceptors (Lipinski definition) is 5. The molecule has 0 radical (unpaired) electrons. The summed E-state index contributed by atoms with van der Waals surface area (Å²) in [6, 6.07) is 7.68. The number of methoxy groups -OCH3 is 1. The Balaban J connectivity index is 2.06. The second-order valence-electron chi connectivity index (χ2n) is 3.99. The minimum atomic E-state index is -0.581. The third-order valence-corrected chi connectivity index (χ3v) is 3.98. The Morgan fingerprint density at radius 2 is 2.06 bits per heavy atom. The number of carbonyl (C=O) groups excluding carboxylic acids is 1. The fourth-order valence-electron chi connectivity index (χ4n) is 1.69. The first kappa shape index (κ1) is 13.2. The second-order valence-corrected chi connectivity index (χ2v) is 5.44. The molecule has 5 heteroatoms. The van der Waals surface area contributed by atoms with Crippen LogP contribution in [0.1, 0.15) is 6.92 Å². The Morgan fingerprint density at radius 1 is 1.39 bits per heavy atom. The van der Waals surface area contributed by atoms with E-state index in [0.717, 1.165) is 10.6 Å². The van der Waals surface area contributed by atoms with Crippen LogP contribution in [0.3, 0.4) is 0 Å². The van der Waals surface area contributed by atoms with Gasteiger partial charge in [0, 0.05) is 4.90 Å². The average molecular weight is 268 g/mol. The van der Waals surface area contributed by atoms with Crippen LogP contribution < -0.4 is 4.74 Å². The highest BCUT2D eigenvalue weighted by molar-refractivity contribution is 8.01. The first-order valence-electron chi connectivity index (χ1n) is 5.78. The molecule has 1 aromatic rings. The molecular weight excluding hydrogens is 252 g/mol. The number of thioether (sulfide) groups is 1. The van der Waals surface area contributed by atoms with Crippen molar-refractivity contribution in [3.05, 3.63) is 24.3 Å². The van der Waals surface area contributed by atoms with E-state index >= 15 is 0 Å². The van der Waals surface area contributed by atoms with Crippen LogP contribution in [0.5, 0.6) is 5.75 Å². The summed E-state index contributed by atoms with van der Waals surface area (Å²) < 4.78 is 14.8. The largest absolute Gasteiger partial charge is 0.494 e. The molecule has 0 N–H and O–H groups in total. The van der Waals surface area contributed by atoms with Crippen molar-refractivity contribution in [1.29, 1.82) is 0 Å². The standard InChI is InChI=1S/C13H16O4S/c1-3-17-10-4-6-11(7-5-10)18-13(8-16-9-13)12(14)15-2/h4-7H,3,8-9H2,1-2H3. The molecule has 1 fully saturated rings. The lowest BCUT2D eigenvalue weighted by atomic mass is 10.1. The molecule has 1 aromatic carbocycles. The summed E-state index contributed by atoms with van der Waals surface area (Å²) in [6.45, 7) is 3.39. The van der Waals surface area contributed by atoms with Crippen LogP contribution in [-0.4, -0.2) is 37.6 Å². The van der Waals surface area contributed by atoms with Gasteiger partial charge < -0.3 is 14.2 Å². The van der Waals surface area contributed by atoms with Gasteiger partial charge in [-0.1, -0.05) is 0 Å². The highest BCUT2D eigenvalue weighted by Gasteiger charge is 2.48. The molecule has 0 bridgehead atoms. The topological polar surface area (TPSA) is 44.8 Å². The number of rotatable bonds is 5. The summed E-state index contributed by atoms with van der Waals surface area (Å²) in [5.41, 5.74) is 0. The van der Waals surface area contributed by atoms with Crippen LogP contribution >= 0.6 is 11.8 Å². The zero-order chi connectivity index (χ0) is 13.0. The predicted octanol–water partition coefficient (Wildman–Crippen LogP) is 2.12. The third kappa shape index (κ3) is 2.62. The monoisotopic (exact) mass is 268 g/mol. The smallest absolute Gasteiger partial charge is 0.327 e. The maximum Gasteiger partial charge on any atom is 0.327 e. The highest BCUT2D eigenvalue weighted by Crippen LogP contribution is 2.40.